The minimum absolute atomic E-state index is 0.00487. The van der Waals surface area contributed by atoms with Crippen molar-refractivity contribution < 1.29 is 9.47 Å². The van der Waals surface area contributed by atoms with Gasteiger partial charge in [-0.2, -0.15) is 0 Å². The van der Waals surface area contributed by atoms with Crippen LogP contribution in [0.3, 0.4) is 0 Å². The zero-order valence-electron chi connectivity index (χ0n) is 18.1. The molecule has 0 bridgehead atoms. The molecule has 148 valence electrons. The molecule has 0 aromatic carbocycles. The third-order valence-electron chi connectivity index (χ3n) is 6.10. The molecular weight excluding hydrogens is 310 g/mol. The van der Waals surface area contributed by atoms with E-state index in [1.807, 2.05) is 0 Å². The molecule has 25 heavy (non-hydrogen) atoms. The first-order valence-electron chi connectivity index (χ1n) is 10.5. The fraction of sp³-hybridized carbons (Fsp3) is 1.00. The lowest BCUT2D eigenvalue weighted by Crippen LogP contribution is -2.51. The highest BCUT2D eigenvalue weighted by atomic mass is 16.5. The summed E-state index contributed by atoms with van der Waals surface area (Å²) in [6.07, 6.45) is 5.52. The van der Waals surface area contributed by atoms with Gasteiger partial charge in [-0.3, -0.25) is 0 Å². The zero-order chi connectivity index (χ0) is 18.8. The first-order valence-corrected chi connectivity index (χ1v) is 10.5. The molecule has 0 spiro atoms. The average molecular weight is 354 g/mol. The van der Waals surface area contributed by atoms with Gasteiger partial charge < -0.3 is 14.4 Å². The highest BCUT2D eigenvalue weighted by Gasteiger charge is 2.38. The van der Waals surface area contributed by atoms with Crippen LogP contribution in [0.4, 0.5) is 0 Å². The second-order valence-electron chi connectivity index (χ2n) is 10.6. The van der Waals surface area contributed by atoms with E-state index in [9.17, 15) is 0 Å². The third kappa shape index (κ3) is 6.84. The molecule has 3 atom stereocenters. The van der Waals surface area contributed by atoms with Crippen molar-refractivity contribution in [3.05, 3.63) is 0 Å². The van der Waals surface area contributed by atoms with Crippen molar-refractivity contribution in [2.24, 2.45) is 17.8 Å². The minimum atomic E-state index is -0.00849. The fourth-order valence-corrected chi connectivity index (χ4v) is 4.46. The summed E-state index contributed by atoms with van der Waals surface area (Å²) in [5.74, 6) is 2.41. The molecule has 2 rings (SSSR count). The van der Waals surface area contributed by atoms with Crippen LogP contribution in [0.25, 0.3) is 0 Å². The number of rotatable bonds is 6. The smallest absolute Gasteiger partial charge is 0.0602 e. The minimum Gasteiger partial charge on any atom is -0.376 e. The SMILES string of the molecule is C[C@@H]1[C@H](CCOC(C)(C)C)CCN(C[C@H]2C[C@H](OC(C)(C)C)C2)[C@@H]1C. The highest BCUT2D eigenvalue weighted by molar-refractivity contribution is 4.90. The van der Waals surface area contributed by atoms with Crippen LogP contribution in [0.15, 0.2) is 0 Å². The van der Waals surface area contributed by atoms with Crippen LogP contribution < -0.4 is 0 Å². The molecule has 0 radical (unpaired) electrons. The molecule has 1 heterocycles. The van der Waals surface area contributed by atoms with Gasteiger partial charge in [0.2, 0.25) is 0 Å². The van der Waals surface area contributed by atoms with E-state index in [4.69, 9.17) is 9.47 Å². The van der Waals surface area contributed by atoms with E-state index in [2.05, 4.69) is 60.3 Å². The molecule has 0 amide bonds. The molecule has 0 aromatic rings. The van der Waals surface area contributed by atoms with Crippen molar-refractivity contribution in [1.82, 2.24) is 4.90 Å². The number of hydrogen-bond donors (Lipinski definition) is 0. The lowest BCUT2D eigenvalue weighted by Gasteiger charge is -2.47. The predicted octanol–water partition coefficient (Wildman–Crippen LogP) is 5.13. The van der Waals surface area contributed by atoms with Gasteiger partial charge in [-0.25, -0.2) is 0 Å². The Kier molecular flexibility index (Phi) is 7.01. The summed E-state index contributed by atoms with van der Waals surface area (Å²) in [5.41, 5.74) is -0.00361. The monoisotopic (exact) mass is 353 g/mol. The zero-order valence-corrected chi connectivity index (χ0v) is 18.1. The standard InChI is InChI=1S/C22H43NO2/c1-16-17(2)23(11-9-19(16)10-12-24-21(3,4)5)15-18-13-20(14-18)25-22(6,7)8/h16-20H,9-15H2,1-8H3/t16-,17+,18-,19-,20-/m0/s1. The molecule has 2 fully saturated rings. The number of ether oxygens (including phenoxy) is 2. The van der Waals surface area contributed by atoms with E-state index in [-0.39, 0.29) is 11.2 Å². The molecule has 0 aromatic heterocycles. The van der Waals surface area contributed by atoms with Gasteiger partial charge in [-0.05, 0) is 98.4 Å². The highest BCUT2D eigenvalue weighted by Crippen LogP contribution is 2.37. The van der Waals surface area contributed by atoms with Crippen molar-refractivity contribution in [3.8, 4) is 0 Å². The van der Waals surface area contributed by atoms with Crippen molar-refractivity contribution in [2.75, 3.05) is 19.7 Å². The Bertz CT molecular complexity index is 403. The summed E-state index contributed by atoms with van der Waals surface area (Å²) in [5, 5.41) is 0. The predicted molar refractivity (Wildman–Crippen MR) is 106 cm³/mol. The number of hydrogen-bond acceptors (Lipinski definition) is 3. The van der Waals surface area contributed by atoms with E-state index in [0.717, 1.165) is 24.4 Å². The second kappa shape index (κ2) is 8.27. The second-order valence-corrected chi connectivity index (χ2v) is 10.6. The molecule has 2 aliphatic rings. The van der Waals surface area contributed by atoms with Crippen LogP contribution in [-0.4, -0.2) is 47.9 Å². The van der Waals surface area contributed by atoms with Crippen molar-refractivity contribution in [1.29, 1.82) is 0 Å². The van der Waals surface area contributed by atoms with Crippen molar-refractivity contribution >= 4 is 0 Å². The van der Waals surface area contributed by atoms with Crippen LogP contribution in [0.2, 0.25) is 0 Å². The summed E-state index contributed by atoms with van der Waals surface area (Å²) in [6.45, 7) is 21.3. The van der Waals surface area contributed by atoms with E-state index < -0.39 is 0 Å². The summed E-state index contributed by atoms with van der Waals surface area (Å²) in [4.78, 5) is 2.74. The Balaban J connectivity index is 1.70. The van der Waals surface area contributed by atoms with Gasteiger partial charge in [-0.15, -0.1) is 0 Å². The molecular formula is C22H43NO2. The summed E-state index contributed by atoms with van der Waals surface area (Å²) >= 11 is 0. The molecule has 0 N–H and O–H groups in total. The van der Waals surface area contributed by atoms with Gasteiger partial charge in [0.15, 0.2) is 0 Å². The van der Waals surface area contributed by atoms with Crippen molar-refractivity contribution in [2.45, 2.75) is 104 Å². The maximum absolute atomic E-state index is 6.10. The summed E-state index contributed by atoms with van der Waals surface area (Å²) in [7, 11) is 0. The Hall–Kier alpha value is -0.120. The topological polar surface area (TPSA) is 21.7 Å². The molecule has 1 saturated carbocycles. The van der Waals surface area contributed by atoms with Crippen LogP contribution in [0.5, 0.6) is 0 Å². The van der Waals surface area contributed by atoms with Gasteiger partial charge in [0.1, 0.15) is 0 Å². The van der Waals surface area contributed by atoms with Crippen LogP contribution in [-0.2, 0) is 9.47 Å². The summed E-state index contributed by atoms with van der Waals surface area (Å²) < 4.78 is 12.1. The molecule has 3 heteroatoms. The van der Waals surface area contributed by atoms with Crippen LogP contribution in [0, 0.1) is 17.8 Å². The van der Waals surface area contributed by atoms with Crippen LogP contribution >= 0.6 is 0 Å². The first kappa shape index (κ1) is 21.2. The Morgan fingerprint density at radius 2 is 1.60 bits per heavy atom. The fourth-order valence-electron chi connectivity index (χ4n) is 4.46. The van der Waals surface area contributed by atoms with E-state index in [0.29, 0.717) is 12.1 Å². The Labute approximate surface area is 156 Å². The third-order valence-corrected chi connectivity index (χ3v) is 6.10. The molecule has 3 nitrogen and oxygen atoms in total. The van der Waals surface area contributed by atoms with Crippen molar-refractivity contribution in [3.63, 3.8) is 0 Å². The average Bonchev–Trinajstić information content (AvgIpc) is 2.41. The largest absolute Gasteiger partial charge is 0.376 e. The van der Waals surface area contributed by atoms with E-state index >= 15 is 0 Å². The lowest BCUT2D eigenvalue weighted by molar-refractivity contribution is -0.119. The summed E-state index contributed by atoms with van der Waals surface area (Å²) in [6, 6.07) is 0.691. The van der Waals surface area contributed by atoms with Gasteiger partial charge in [-0.1, -0.05) is 6.92 Å². The van der Waals surface area contributed by atoms with E-state index in [1.54, 1.807) is 0 Å². The maximum atomic E-state index is 6.10. The van der Waals surface area contributed by atoms with Gasteiger partial charge in [0, 0.05) is 19.2 Å². The number of nitrogens with zero attached hydrogens (tertiary/aromatic N) is 1. The molecule has 1 aliphatic carbocycles. The van der Waals surface area contributed by atoms with Gasteiger partial charge in [0.25, 0.3) is 0 Å². The quantitative estimate of drug-likeness (QED) is 0.660. The van der Waals surface area contributed by atoms with E-state index in [1.165, 1.54) is 38.8 Å². The normalized spacial score (nSPS) is 34.8. The molecule has 1 saturated heterocycles. The maximum Gasteiger partial charge on any atom is 0.0602 e. The Morgan fingerprint density at radius 1 is 0.960 bits per heavy atom. The molecule has 1 aliphatic heterocycles. The lowest BCUT2D eigenvalue weighted by atomic mass is 9.77. The van der Waals surface area contributed by atoms with Gasteiger partial charge in [0.05, 0.1) is 17.3 Å². The number of likely N-dealkylation sites (tertiary alicyclic amines) is 1. The number of piperidine rings is 1. The first-order chi connectivity index (χ1) is 11.4. The molecule has 0 unspecified atom stereocenters. The van der Waals surface area contributed by atoms with Gasteiger partial charge >= 0.3 is 0 Å². The van der Waals surface area contributed by atoms with Crippen LogP contribution in [0.1, 0.15) is 81.1 Å². The Morgan fingerprint density at radius 3 is 2.16 bits per heavy atom.